The van der Waals surface area contributed by atoms with Crippen LogP contribution < -0.4 is 5.73 Å². The second kappa shape index (κ2) is 6.49. The van der Waals surface area contributed by atoms with Gasteiger partial charge >= 0.3 is 0 Å². The van der Waals surface area contributed by atoms with Crippen LogP contribution in [-0.2, 0) is 0 Å². The zero-order valence-corrected chi connectivity index (χ0v) is 10.7. The van der Waals surface area contributed by atoms with Crippen molar-refractivity contribution >= 4 is 0 Å². The minimum atomic E-state index is 0.744. The largest absolute Gasteiger partial charge is 0.330 e. The maximum Gasteiger partial charge on any atom is 0.00734 e. The number of nitrogens with two attached hydrogens (primary N) is 1. The first-order chi connectivity index (χ1) is 7.19. The van der Waals surface area contributed by atoms with Crippen molar-refractivity contribution in [1.82, 2.24) is 4.90 Å². The molecule has 1 heterocycles. The first-order valence-corrected chi connectivity index (χ1v) is 6.64. The lowest BCUT2D eigenvalue weighted by Gasteiger charge is -2.28. The lowest BCUT2D eigenvalue weighted by molar-refractivity contribution is 0.187. The predicted molar refractivity (Wildman–Crippen MR) is 66.9 cm³/mol. The highest BCUT2D eigenvalue weighted by Crippen LogP contribution is 2.26. The Labute approximate surface area is 95.2 Å². The molecule has 3 unspecified atom stereocenters. The zero-order chi connectivity index (χ0) is 11.3. The van der Waals surface area contributed by atoms with E-state index in [2.05, 4.69) is 25.7 Å². The molecule has 0 aromatic carbocycles. The molecule has 90 valence electrons. The van der Waals surface area contributed by atoms with Crippen molar-refractivity contribution in [2.45, 2.75) is 65.0 Å². The average Bonchev–Trinajstić information content (AvgIpc) is 2.60. The first-order valence-electron chi connectivity index (χ1n) is 6.64. The molecule has 15 heavy (non-hydrogen) atoms. The molecular weight excluding hydrogens is 184 g/mol. The van der Waals surface area contributed by atoms with Crippen molar-refractivity contribution in [3.63, 3.8) is 0 Å². The van der Waals surface area contributed by atoms with Gasteiger partial charge in [0, 0.05) is 18.6 Å². The molecule has 0 amide bonds. The van der Waals surface area contributed by atoms with Gasteiger partial charge in [-0.25, -0.2) is 0 Å². The maximum atomic E-state index is 5.75. The van der Waals surface area contributed by atoms with Crippen LogP contribution in [0.1, 0.15) is 52.9 Å². The number of unbranched alkanes of at least 4 members (excludes halogenated alkanes) is 2. The number of nitrogens with zero attached hydrogens (tertiary/aromatic N) is 1. The van der Waals surface area contributed by atoms with Gasteiger partial charge < -0.3 is 5.73 Å². The lowest BCUT2D eigenvalue weighted by Crippen LogP contribution is -2.36. The summed E-state index contributed by atoms with van der Waals surface area (Å²) in [5.41, 5.74) is 5.75. The minimum absolute atomic E-state index is 0.744. The van der Waals surface area contributed by atoms with E-state index in [1.807, 2.05) is 0 Å². The van der Waals surface area contributed by atoms with Crippen molar-refractivity contribution in [1.29, 1.82) is 0 Å². The van der Waals surface area contributed by atoms with Crippen LogP contribution in [0.15, 0.2) is 0 Å². The summed E-state index contributed by atoms with van der Waals surface area (Å²) in [7, 11) is 0. The highest BCUT2D eigenvalue weighted by atomic mass is 15.2. The first kappa shape index (κ1) is 13.0. The molecule has 1 fully saturated rings. The van der Waals surface area contributed by atoms with Gasteiger partial charge in [0.2, 0.25) is 0 Å². The predicted octanol–water partition coefficient (Wildman–Crippen LogP) is 2.62. The molecule has 0 aliphatic carbocycles. The average molecular weight is 212 g/mol. The molecular formula is C13H28N2. The molecule has 2 heteroatoms. The molecule has 1 rings (SSSR count). The van der Waals surface area contributed by atoms with Gasteiger partial charge in [-0.05, 0) is 39.2 Å². The smallest absolute Gasteiger partial charge is 0.00734 e. The van der Waals surface area contributed by atoms with Crippen molar-refractivity contribution in [3.05, 3.63) is 0 Å². The van der Waals surface area contributed by atoms with Crippen LogP contribution in [0.25, 0.3) is 0 Å². The summed E-state index contributed by atoms with van der Waals surface area (Å²) in [5.74, 6) is 0.744. The standard InChI is InChI=1S/C13H28N2/c1-4-5-6-7-11(2)15-10-13(9-14)8-12(15)3/h11-13H,4-10,14H2,1-3H3. The summed E-state index contributed by atoms with van der Waals surface area (Å²) in [5, 5.41) is 0. The quantitative estimate of drug-likeness (QED) is 0.686. The van der Waals surface area contributed by atoms with Crippen molar-refractivity contribution in [2.24, 2.45) is 11.7 Å². The van der Waals surface area contributed by atoms with Crippen LogP contribution >= 0.6 is 0 Å². The van der Waals surface area contributed by atoms with Gasteiger partial charge in [0.1, 0.15) is 0 Å². The van der Waals surface area contributed by atoms with E-state index in [-0.39, 0.29) is 0 Å². The van der Waals surface area contributed by atoms with Crippen molar-refractivity contribution < 1.29 is 0 Å². The third-order valence-corrected chi connectivity index (χ3v) is 3.83. The summed E-state index contributed by atoms with van der Waals surface area (Å²) >= 11 is 0. The summed E-state index contributed by atoms with van der Waals surface area (Å²) in [6, 6.07) is 1.50. The Kier molecular flexibility index (Phi) is 5.62. The van der Waals surface area contributed by atoms with Gasteiger partial charge in [-0.2, -0.15) is 0 Å². The van der Waals surface area contributed by atoms with Crippen LogP contribution in [0.2, 0.25) is 0 Å². The lowest BCUT2D eigenvalue weighted by atomic mass is 10.1. The fourth-order valence-corrected chi connectivity index (χ4v) is 2.81. The Hall–Kier alpha value is -0.0800. The SMILES string of the molecule is CCCCCC(C)N1CC(CN)CC1C. The molecule has 2 nitrogen and oxygen atoms in total. The van der Waals surface area contributed by atoms with Gasteiger partial charge in [0.25, 0.3) is 0 Å². The van der Waals surface area contributed by atoms with E-state index in [0.29, 0.717) is 0 Å². The Morgan fingerprint density at radius 2 is 2.13 bits per heavy atom. The zero-order valence-electron chi connectivity index (χ0n) is 10.7. The van der Waals surface area contributed by atoms with E-state index in [9.17, 15) is 0 Å². The van der Waals surface area contributed by atoms with Crippen molar-refractivity contribution in [2.75, 3.05) is 13.1 Å². The summed E-state index contributed by atoms with van der Waals surface area (Å²) in [6.45, 7) is 9.10. The molecule has 0 spiro atoms. The van der Waals surface area contributed by atoms with E-state index < -0.39 is 0 Å². The number of hydrogen-bond donors (Lipinski definition) is 1. The van der Waals surface area contributed by atoms with Crippen LogP contribution in [0.3, 0.4) is 0 Å². The van der Waals surface area contributed by atoms with E-state index >= 15 is 0 Å². The third kappa shape index (κ3) is 3.76. The van der Waals surface area contributed by atoms with Gasteiger partial charge in [-0.15, -0.1) is 0 Å². The monoisotopic (exact) mass is 212 g/mol. The fraction of sp³-hybridized carbons (Fsp3) is 1.00. The Bertz CT molecular complexity index is 170. The molecule has 0 saturated carbocycles. The van der Waals surface area contributed by atoms with Crippen LogP contribution in [0, 0.1) is 5.92 Å². The second-order valence-electron chi connectivity index (χ2n) is 5.23. The van der Waals surface area contributed by atoms with E-state index in [4.69, 9.17) is 5.73 Å². The van der Waals surface area contributed by atoms with E-state index in [1.54, 1.807) is 0 Å². The van der Waals surface area contributed by atoms with Gasteiger partial charge in [-0.1, -0.05) is 26.2 Å². The molecule has 0 radical (unpaired) electrons. The fourth-order valence-electron chi connectivity index (χ4n) is 2.81. The highest BCUT2D eigenvalue weighted by Gasteiger charge is 2.30. The Morgan fingerprint density at radius 1 is 1.40 bits per heavy atom. The molecule has 2 N–H and O–H groups in total. The normalized spacial score (nSPS) is 29.6. The Balaban J connectivity index is 2.29. The maximum absolute atomic E-state index is 5.75. The minimum Gasteiger partial charge on any atom is -0.330 e. The molecule has 3 atom stereocenters. The molecule has 1 aliphatic heterocycles. The summed E-state index contributed by atoms with van der Waals surface area (Å²) in [4.78, 5) is 2.66. The molecule has 1 aliphatic rings. The number of hydrogen-bond acceptors (Lipinski definition) is 2. The van der Waals surface area contributed by atoms with E-state index in [0.717, 1.165) is 24.5 Å². The second-order valence-corrected chi connectivity index (χ2v) is 5.23. The van der Waals surface area contributed by atoms with Crippen molar-refractivity contribution in [3.8, 4) is 0 Å². The summed E-state index contributed by atoms with van der Waals surface area (Å²) in [6.07, 6.45) is 6.75. The molecule has 0 bridgehead atoms. The molecule has 0 aromatic heterocycles. The molecule has 1 saturated heterocycles. The topological polar surface area (TPSA) is 29.3 Å². The van der Waals surface area contributed by atoms with Gasteiger partial charge in [-0.3, -0.25) is 4.90 Å². The number of rotatable bonds is 6. The number of likely N-dealkylation sites (tertiary alicyclic amines) is 1. The van der Waals surface area contributed by atoms with E-state index in [1.165, 1.54) is 38.6 Å². The van der Waals surface area contributed by atoms with Crippen LogP contribution in [0.5, 0.6) is 0 Å². The molecule has 0 aromatic rings. The third-order valence-electron chi connectivity index (χ3n) is 3.83. The highest BCUT2D eigenvalue weighted by molar-refractivity contribution is 4.85. The van der Waals surface area contributed by atoms with Gasteiger partial charge in [0.05, 0.1) is 0 Å². The Morgan fingerprint density at radius 3 is 2.67 bits per heavy atom. The summed E-state index contributed by atoms with van der Waals surface area (Å²) < 4.78 is 0. The van der Waals surface area contributed by atoms with Crippen LogP contribution in [-0.4, -0.2) is 30.1 Å². The van der Waals surface area contributed by atoms with Crippen LogP contribution in [0.4, 0.5) is 0 Å². The van der Waals surface area contributed by atoms with Gasteiger partial charge in [0.15, 0.2) is 0 Å².